The Morgan fingerprint density at radius 3 is 2.70 bits per heavy atom. The normalized spacial score (nSPS) is 22.1. The van der Waals surface area contributed by atoms with Crippen LogP contribution in [0, 0.1) is 12.8 Å². The van der Waals surface area contributed by atoms with Crippen LogP contribution < -0.4 is 10.1 Å². The van der Waals surface area contributed by atoms with E-state index in [0.29, 0.717) is 23.8 Å². The van der Waals surface area contributed by atoms with Crippen molar-refractivity contribution in [1.29, 1.82) is 0 Å². The average molecular weight is 318 g/mol. The molecule has 2 fully saturated rings. The zero-order chi connectivity index (χ0) is 16.6. The van der Waals surface area contributed by atoms with E-state index in [2.05, 4.69) is 15.2 Å². The predicted octanol–water partition coefficient (Wildman–Crippen LogP) is 0.500. The Balaban J connectivity index is 1.62. The lowest BCUT2D eigenvalue weighted by molar-refractivity contribution is -0.132. The van der Waals surface area contributed by atoms with Crippen molar-refractivity contribution in [2.24, 2.45) is 5.92 Å². The highest BCUT2D eigenvalue weighted by Gasteiger charge is 2.41. The smallest absolute Gasteiger partial charge is 0.229 e. The second kappa shape index (κ2) is 6.16. The standard InChI is InChI=1S/C16H22N4O3/c1-10-13(4-5-14(17-10)23-3)18-16(22)11-6-15(21)20(7-11)12-8-19(2)9-12/h4-5,11-12H,6-9H2,1-3H3,(H,18,22). The van der Waals surface area contributed by atoms with Gasteiger partial charge in [-0.15, -0.1) is 0 Å². The number of hydrogen-bond acceptors (Lipinski definition) is 5. The summed E-state index contributed by atoms with van der Waals surface area (Å²) in [5, 5.41) is 2.88. The molecule has 0 bridgehead atoms. The minimum absolute atomic E-state index is 0.0767. The van der Waals surface area contributed by atoms with Crippen molar-refractivity contribution < 1.29 is 14.3 Å². The molecule has 3 rings (SSSR count). The maximum atomic E-state index is 12.4. The molecular weight excluding hydrogens is 296 g/mol. The van der Waals surface area contributed by atoms with Crippen LogP contribution in [0.1, 0.15) is 12.1 Å². The Hall–Kier alpha value is -2.15. The van der Waals surface area contributed by atoms with Gasteiger partial charge in [-0.25, -0.2) is 4.98 Å². The minimum Gasteiger partial charge on any atom is -0.481 e. The van der Waals surface area contributed by atoms with Gasteiger partial charge in [0.15, 0.2) is 0 Å². The third-order valence-electron chi connectivity index (χ3n) is 4.54. The van der Waals surface area contributed by atoms with Crippen LogP contribution in [0.4, 0.5) is 5.69 Å². The zero-order valence-electron chi connectivity index (χ0n) is 13.7. The highest BCUT2D eigenvalue weighted by molar-refractivity contribution is 5.97. The van der Waals surface area contributed by atoms with Gasteiger partial charge >= 0.3 is 0 Å². The van der Waals surface area contributed by atoms with Crippen molar-refractivity contribution in [3.05, 3.63) is 17.8 Å². The molecule has 0 radical (unpaired) electrons. The summed E-state index contributed by atoms with van der Waals surface area (Å²) in [7, 11) is 3.58. The zero-order valence-corrected chi connectivity index (χ0v) is 13.7. The van der Waals surface area contributed by atoms with Crippen LogP contribution in [-0.2, 0) is 9.59 Å². The topological polar surface area (TPSA) is 74.8 Å². The van der Waals surface area contributed by atoms with Crippen LogP contribution in [0.15, 0.2) is 12.1 Å². The first kappa shape index (κ1) is 15.7. The molecule has 2 saturated heterocycles. The minimum atomic E-state index is -0.296. The van der Waals surface area contributed by atoms with E-state index in [4.69, 9.17) is 4.74 Å². The summed E-state index contributed by atoms with van der Waals surface area (Å²) < 4.78 is 5.06. The first-order valence-corrected chi connectivity index (χ1v) is 7.78. The van der Waals surface area contributed by atoms with Gasteiger partial charge in [-0.3, -0.25) is 9.59 Å². The molecule has 2 aliphatic heterocycles. The van der Waals surface area contributed by atoms with Crippen molar-refractivity contribution in [3.63, 3.8) is 0 Å². The first-order chi connectivity index (χ1) is 11.0. The fourth-order valence-electron chi connectivity index (χ4n) is 3.14. The Kier molecular flexibility index (Phi) is 4.21. The Morgan fingerprint density at radius 1 is 1.35 bits per heavy atom. The maximum absolute atomic E-state index is 12.4. The van der Waals surface area contributed by atoms with Gasteiger partial charge in [0.1, 0.15) is 0 Å². The molecule has 1 aromatic heterocycles. The molecule has 7 nitrogen and oxygen atoms in total. The molecule has 7 heteroatoms. The molecule has 3 heterocycles. The molecule has 124 valence electrons. The van der Waals surface area contributed by atoms with Crippen molar-refractivity contribution in [2.75, 3.05) is 39.1 Å². The molecule has 1 N–H and O–H groups in total. The van der Waals surface area contributed by atoms with Crippen LogP contribution in [-0.4, -0.2) is 66.4 Å². The number of carbonyl (C=O) groups is 2. The second-order valence-electron chi connectivity index (χ2n) is 6.30. The number of likely N-dealkylation sites (N-methyl/N-ethyl adjacent to an activating group) is 1. The number of ether oxygens (including phenoxy) is 1. The number of pyridine rings is 1. The molecule has 2 amide bonds. The number of nitrogens with one attached hydrogen (secondary N) is 1. The summed E-state index contributed by atoms with van der Waals surface area (Å²) in [6.45, 7) is 4.10. The number of aryl methyl sites for hydroxylation is 1. The van der Waals surface area contributed by atoms with Crippen molar-refractivity contribution in [2.45, 2.75) is 19.4 Å². The first-order valence-electron chi connectivity index (χ1n) is 7.78. The third kappa shape index (κ3) is 3.14. The van der Waals surface area contributed by atoms with Crippen molar-refractivity contribution in [1.82, 2.24) is 14.8 Å². The lowest BCUT2D eigenvalue weighted by atomic mass is 10.1. The fourth-order valence-corrected chi connectivity index (χ4v) is 3.14. The Morgan fingerprint density at radius 2 is 2.09 bits per heavy atom. The summed E-state index contributed by atoms with van der Waals surface area (Å²) in [6, 6.07) is 3.74. The molecule has 2 aliphatic rings. The summed E-state index contributed by atoms with van der Waals surface area (Å²) >= 11 is 0. The third-order valence-corrected chi connectivity index (χ3v) is 4.54. The molecular formula is C16H22N4O3. The number of carbonyl (C=O) groups excluding carboxylic acids is 2. The number of likely N-dealkylation sites (tertiary alicyclic amines) is 2. The summed E-state index contributed by atoms with van der Waals surface area (Å²) in [4.78, 5) is 32.8. The molecule has 23 heavy (non-hydrogen) atoms. The van der Waals surface area contributed by atoms with Crippen LogP contribution >= 0.6 is 0 Å². The summed E-state index contributed by atoms with van der Waals surface area (Å²) in [5.74, 6) is 0.170. The van der Waals surface area contributed by atoms with E-state index in [9.17, 15) is 9.59 Å². The maximum Gasteiger partial charge on any atom is 0.229 e. The van der Waals surface area contributed by atoms with E-state index in [1.165, 1.54) is 0 Å². The number of aromatic nitrogens is 1. The average Bonchev–Trinajstić information content (AvgIpc) is 2.87. The second-order valence-corrected chi connectivity index (χ2v) is 6.30. The van der Waals surface area contributed by atoms with Gasteiger partial charge in [0, 0.05) is 32.1 Å². The van der Waals surface area contributed by atoms with E-state index < -0.39 is 0 Å². The molecule has 1 atom stereocenters. The highest BCUT2D eigenvalue weighted by Crippen LogP contribution is 2.26. The molecule has 1 aromatic rings. The van der Waals surface area contributed by atoms with Gasteiger partial charge in [0.2, 0.25) is 17.7 Å². The van der Waals surface area contributed by atoms with Gasteiger partial charge in [-0.2, -0.15) is 0 Å². The van der Waals surface area contributed by atoms with Gasteiger partial charge in [0.25, 0.3) is 0 Å². The SMILES string of the molecule is COc1ccc(NC(=O)C2CC(=O)N(C3CN(C)C3)C2)c(C)n1. The number of amides is 2. The number of methoxy groups -OCH3 is 1. The van der Waals surface area contributed by atoms with Crippen LogP contribution in [0.3, 0.4) is 0 Å². The molecule has 0 saturated carbocycles. The van der Waals surface area contributed by atoms with E-state index in [-0.39, 0.29) is 30.2 Å². The molecule has 1 unspecified atom stereocenters. The van der Waals surface area contributed by atoms with Crippen molar-refractivity contribution >= 4 is 17.5 Å². The highest BCUT2D eigenvalue weighted by atomic mass is 16.5. The quantitative estimate of drug-likeness (QED) is 0.875. The van der Waals surface area contributed by atoms with Gasteiger partial charge in [-0.05, 0) is 20.0 Å². The lowest BCUT2D eigenvalue weighted by Gasteiger charge is -2.42. The Labute approximate surface area is 135 Å². The summed E-state index contributed by atoms with van der Waals surface area (Å²) in [6.07, 6.45) is 0.286. The number of nitrogens with zero attached hydrogens (tertiary/aromatic N) is 3. The number of anilines is 1. The van der Waals surface area contributed by atoms with Crippen LogP contribution in [0.2, 0.25) is 0 Å². The van der Waals surface area contributed by atoms with Gasteiger partial charge < -0.3 is 19.9 Å². The molecule has 0 spiro atoms. The van der Waals surface area contributed by atoms with E-state index in [0.717, 1.165) is 13.1 Å². The largest absolute Gasteiger partial charge is 0.481 e. The predicted molar refractivity (Wildman–Crippen MR) is 85.3 cm³/mol. The van der Waals surface area contributed by atoms with E-state index in [1.807, 2.05) is 18.9 Å². The summed E-state index contributed by atoms with van der Waals surface area (Å²) in [5.41, 5.74) is 1.35. The van der Waals surface area contributed by atoms with E-state index in [1.54, 1.807) is 19.2 Å². The van der Waals surface area contributed by atoms with E-state index >= 15 is 0 Å². The van der Waals surface area contributed by atoms with Crippen molar-refractivity contribution in [3.8, 4) is 5.88 Å². The lowest BCUT2D eigenvalue weighted by Crippen LogP contribution is -2.58. The molecule has 0 aliphatic carbocycles. The fraction of sp³-hybridized carbons (Fsp3) is 0.562. The number of rotatable bonds is 4. The van der Waals surface area contributed by atoms with Crippen LogP contribution in [0.25, 0.3) is 0 Å². The molecule has 0 aromatic carbocycles. The Bertz CT molecular complexity index is 628. The number of hydrogen-bond donors (Lipinski definition) is 1. The monoisotopic (exact) mass is 318 g/mol. The van der Waals surface area contributed by atoms with Crippen LogP contribution in [0.5, 0.6) is 5.88 Å². The van der Waals surface area contributed by atoms with Gasteiger partial charge in [0.05, 0.1) is 30.5 Å². The van der Waals surface area contributed by atoms with Gasteiger partial charge in [-0.1, -0.05) is 0 Å².